The van der Waals surface area contributed by atoms with E-state index in [1.807, 2.05) is 43.0 Å². The third-order valence-corrected chi connectivity index (χ3v) is 5.11. The van der Waals surface area contributed by atoms with Gasteiger partial charge in [-0.05, 0) is 43.0 Å². The molecule has 0 bridgehead atoms. The standard InChI is InChI=1S/C23H29FN2O3/c1-4-13-28-23-22(24)21(9-11-25-23)26-12-10-20(15-26)29-19-7-5-18(6-8-19)16(2)14-17(3)27/h5-9,11,16,20H,4,10,12-15H2,1-3H3/t16-,20-/m1/s1. The highest BCUT2D eigenvalue weighted by Gasteiger charge is 2.27. The van der Waals surface area contributed by atoms with E-state index in [1.165, 1.54) is 0 Å². The summed E-state index contributed by atoms with van der Waals surface area (Å²) in [5.41, 5.74) is 1.63. The molecule has 1 aromatic heterocycles. The third-order valence-electron chi connectivity index (χ3n) is 5.11. The van der Waals surface area contributed by atoms with Gasteiger partial charge >= 0.3 is 0 Å². The van der Waals surface area contributed by atoms with Crippen LogP contribution in [-0.2, 0) is 4.79 Å². The van der Waals surface area contributed by atoms with Crippen molar-refractivity contribution in [2.24, 2.45) is 0 Å². The number of benzene rings is 1. The number of carbonyl (C=O) groups excluding carboxylic acids is 1. The Morgan fingerprint density at radius 3 is 2.76 bits per heavy atom. The van der Waals surface area contributed by atoms with E-state index in [0.29, 0.717) is 31.8 Å². The predicted molar refractivity (Wildman–Crippen MR) is 111 cm³/mol. The number of hydrogen-bond acceptors (Lipinski definition) is 5. The lowest BCUT2D eigenvalue weighted by atomic mass is 9.96. The Hall–Kier alpha value is -2.63. The van der Waals surface area contributed by atoms with Gasteiger partial charge in [0.15, 0.2) is 0 Å². The maximum absolute atomic E-state index is 14.7. The van der Waals surface area contributed by atoms with Crippen LogP contribution in [0.25, 0.3) is 0 Å². The number of halogens is 1. The number of hydrogen-bond donors (Lipinski definition) is 0. The molecule has 0 aliphatic carbocycles. The van der Waals surface area contributed by atoms with Crippen LogP contribution in [0.5, 0.6) is 11.6 Å². The molecule has 0 radical (unpaired) electrons. The Morgan fingerprint density at radius 2 is 2.07 bits per heavy atom. The molecule has 2 heterocycles. The Balaban J connectivity index is 1.60. The summed E-state index contributed by atoms with van der Waals surface area (Å²) in [6, 6.07) is 9.59. The van der Waals surface area contributed by atoms with Crippen LogP contribution in [0.2, 0.25) is 0 Å². The summed E-state index contributed by atoms with van der Waals surface area (Å²) in [4.78, 5) is 17.3. The number of ether oxygens (including phenoxy) is 2. The van der Waals surface area contributed by atoms with Crippen LogP contribution in [0.3, 0.4) is 0 Å². The molecule has 1 aliphatic heterocycles. The first-order chi connectivity index (χ1) is 14.0. The fraction of sp³-hybridized carbons (Fsp3) is 0.478. The fourth-order valence-electron chi connectivity index (χ4n) is 3.62. The maximum Gasteiger partial charge on any atom is 0.252 e. The largest absolute Gasteiger partial charge is 0.489 e. The smallest absolute Gasteiger partial charge is 0.252 e. The molecule has 0 unspecified atom stereocenters. The Labute approximate surface area is 171 Å². The quantitative estimate of drug-likeness (QED) is 0.608. The first-order valence-electron chi connectivity index (χ1n) is 10.3. The first-order valence-corrected chi connectivity index (χ1v) is 10.3. The molecule has 1 aromatic carbocycles. The molecule has 29 heavy (non-hydrogen) atoms. The van der Waals surface area contributed by atoms with Crippen LogP contribution < -0.4 is 14.4 Å². The summed E-state index contributed by atoms with van der Waals surface area (Å²) in [7, 11) is 0. The van der Waals surface area contributed by atoms with Crippen LogP contribution in [0.15, 0.2) is 36.5 Å². The van der Waals surface area contributed by atoms with Gasteiger partial charge in [0, 0.05) is 25.6 Å². The summed E-state index contributed by atoms with van der Waals surface area (Å²) in [6.45, 7) is 7.40. The van der Waals surface area contributed by atoms with E-state index < -0.39 is 5.82 Å². The minimum Gasteiger partial charge on any atom is -0.489 e. The molecule has 1 saturated heterocycles. The molecule has 6 heteroatoms. The number of carbonyl (C=O) groups is 1. The second-order valence-electron chi connectivity index (χ2n) is 7.65. The van der Waals surface area contributed by atoms with Gasteiger partial charge in [-0.1, -0.05) is 26.0 Å². The van der Waals surface area contributed by atoms with Gasteiger partial charge in [0.1, 0.15) is 17.6 Å². The molecule has 1 aliphatic rings. The molecule has 2 aromatic rings. The number of nitrogens with zero attached hydrogens (tertiary/aromatic N) is 2. The van der Waals surface area contributed by atoms with E-state index in [0.717, 1.165) is 24.2 Å². The lowest BCUT2D eigenvalue weighted by Crippen LogP contribution is -2.25. The second kappa shape index (κ2) is 9.72. The number of pyridine rings is 1. The summed E-state index contributed by atoms with van der Waals surface area (Å²) in [6.07, 6.45) is 3.73. The monoisotopic (exact) mass is 400 g/mol. The van der Waals surface area contributed by atoms with Gasteiger partial charge in [-0.2, -0.15) is 4.39 Å². The van der Waals surface area contributed by atoms with Gasteiger partial charge in [0.05, 0.1) is 18.8 Å². The van der Waals surface area contributed by atoms with E-state index in [1.54, 1.807) is 19.2 Å². The van der Waals surface area contributed by atoms with Crippen molar-refractivity contribution in [2.75, 3.05) is 24.6 Å². The van der Waals surface area contributed by atoms with Crippen LogP contribution in [0.4, 0.5) is 10.1 Å². The molecule has 2 atom stereocenters. The summed E-state index contributed by atoms with van der Waals surface area (Å²) >= 11 is 0. The zero-order valence-electron chi connectivity index (χ0n) is 17.4. The Bertz CT molecular complexity index is 825. The van der Waals surface area contributed by atoms with Gasteiger partial charge in [0.25, 0.3) is 5.88 Å². The van der Waals surface area contributed by atoms with E-state index >= 15 is 0 Å². The highest BCUT2D eigenvalue weighted by Crippen LogP contribution is 2.30. The molecule has 0 N–H and O–H groups in total. The van der Waals surface area contributed by atoms with Crippen molar-refractivity contribution in [2.45, 2.75) is 52.1 Å². The molecular formula is C23H29FN2O3. The summed E-state index contributed by atoms with van der Waals surface area (Å²) in [5, 5.41) is 0. The Morgan fingerprint density at radius 1 is 1.31 bits per heavy atom. The Kier molecular flexibility index (Phi) is 7.07. The van der Waals surface area contributed by atoms with E-state index in [-0.39, 0.29) is 23.7 Å². The molecule has 0 spiro atoms. The van der Waals surface area contributed by atoms with Gasteiger partial charge in [-0.15, -0.1) is 0 Å². The number of ketones is 1. The highest BCUT2D eigenvalue weighted by molar-refractivity contribution is 5.76. The van der Waals surface area contributed by atoms with Crippen molar-refractivity contribution in [3.8, 4) is 11.6 Å². The zero-order valence-corrected chi connectivity index (χ0v) is 17.4. The normalized spacial score (nSPS) is 17.2. The minimum atomic E-state index is -0.412. The van der Waals surface area contributed by atoms with Crippen molar-refractivity contribution in [1.82, 2.24) is 4.98 Å². The summed E-state index contributed by atoms with van der Waals surface area (Å²) < 4.78 is 26.2. The number of Topliss-reactive ketones (excluding diaryl/α,β-unsaturated/α-hetero) is 1. The highest BCUT2D eigenvalue weighted by atomic mass is 19.1. The molecule has 0 amide bonds. The maximum atomic E-state index is 14.7. The average molecular weight is 400 g/mol. The topological polar surface area (TPSA) is 51.7 Å². The first kappa shape index (κ1) is 21.1. The lowest BCUT2D eigenvalue weighted by molar-refractivity contribution is -0.117. The average Bonchev–Trinajstić information content (AvgIpc) is 3.15. The van der Waals surface area contributed by atoms with Crippen molar-refractivity contribution in [3.63, 3.8) is 0 Å². The van der Waals surface area contributed by atoms with Crippen LogP contribution in [-0.4, -0.2) is 36.6 Å². The van der Waals surface area contributed by atoms with Gasteiger partial charge < -0.3 is 19.2 Å². The minimum absolute atomic E-state index is 0.0110. The number of aromatic nitrogens is 1. The van der Waals surface area contributed by atoms with E-state index in [2.05, 4.69) is 4.98 Å². The van der Waals surface area contributed by atoms with Gasteiger partial charge in [0.2, 0.25) is 5.82 Å². The van der Waals surface area contributed by atoms with Crippen molar-refractivity contribution in [3.05, 3.63) is 47.9 Å². The third kappa shape index (κ3) is 5.46. The van der Waals surface area contributed by atoms with E-state index in [4.69, 9.17) is 9.47 Å². The molecule has 5 nitrogen and oxygen atoms in total. The van der Waals surface area contributed by atoms with Crippen molar-refractivity contribution >= 4 is 11.5 Å². The summed E-state index contributed by atoms with van der Waals surface area (Å²) in [5.74, 6) is 0.824. The zero-order chi connectivity index (χ0) is 20.8. The number of rotatable bonds is 9. The molecule has 1 fully saturated rings. The number of anilines is 1. The fourth-order valence-corrected chi connectivity index (χ4v) is 3.62. The van der Waals surface area contributed by atoms with Crippen LogP contribution in [0, 0.1) is 5.82 Å². The molecule has 3 rings (SSSR count). The van der Waals surface area contributed by atoms with Crippen molar-refractivity contribution < 1.29 is 18.7 Å². The van der Waals surface area contributed by atoms with Crippen LogP contribution >= 0.6 is 0 Å². The SMILES string of the molecule is CCCOc1nccc(N2CC[C@@H](Oc3ccc([C@H](C)CC(C)=O)cc3)C2)c1F. The second-order valence-corrected chi connectivity index (χ2v) is 7.65. The van der Waals surface area contributed by atoms with Crippen molar-refractivity contribution in [1.29, 1.82) is 0 Å². The van der Waals surface area contributed by atoms with Gasteiger partial charge in [-0.3, -0.25) is 0 Å². The molecular weight excluding hydrogens is 371 g/mol. The predicted octanol–water partition coefficient (Wildman–Crippen LogP) is 4.75. The van der Waals surface area contributed by atoms with E-state index in [9.17, 15) is 9.18 Å². The van der Waals surface area contributed by atoms with Gasteiger partial charge in [-0.25, -0.2) is 4.98 Å². The van der Waals surface area contributed by atoms with Crippen LogP contribution in [0.1, 0.15) is 51.5 Å². The molecule has 156 valence electrons. The molecule has 0 saturated carbocycles. The lowest BCUT2D eigenvalue weighted by Gasteiger charge is -2.20.